The van der Waals surface area contributed by atoms with Gasteiger partial charge in [-0.2, -0.15) is 4.57 Å². The highest BCUT2D eigenvalue weighted by molar-refractivity contribution is 5.99. The number of hydrogen-bond donors (Lipinski definition) is 0. The van der Waals surface area contributed by atoms with Crippen molar-refractivity contribution in [1.82, 2.24) is 0 Å². The van der Waals surface area contributed by atoms with Gasteiger partial charge in [-0.25, -0.2) is 0 Å². The molecule has 0 saturated carbocycles. The van der Waals surface area contributed by atoms with E-state index in [1.807, 2.05) is 0 Å². The summed E-state index contributed by atoms with van der Waals surface area (Å²) in [5.41, 5.74) is 18.7. The molecular formula is C41H37N2+. The highest BCUT2D eigenvalue weighted by Crippen LogP contribution is 2.66. The highest BCUT2D eigenvalue weighted by atomic mass is 15.4. The molecule has 1 spiro atoms. The highest BCUT2D eigenvalue weighted by Gasteiger charge is 2.68. The average Bonchev–Trinajstić information content (AvgIpc) is 3.56. The van der Waals surface area contributed by atoms with E-state index in [-0.39, 0.29) is 11.5 Å². The van der Waals surface area contributed by atoms with Gasteiger partial charge >= 0.3 is 0 Å². The summed E-state index contributed by atoms with van der Waals surface area (Å²) >= 11 is 0. The van der Waals surface area contributed by atoms with Gasteiger partial charge in [-0.1, -0.05) is 94.4 Å². The van der Waals surface area contributed by atoms with Gasteiger partial charge in [-0.3, -0.25) is 4.90 Å². The number of fused-ring (bicyclic) bond motifs is 16. The fraction of sp³-hybridized carbons (Fsp3) is 0.244. The van der Waals surface area contributed by atoms with Crippen LogP contribution < -0.4 is 9.47 Å². The van der Waals surface area contributed by atoms with E-state index in [0.29, 0.717) is 5.92 Å². The molecule has 3 aliphatic heterocycles. The number of nitrogens with zero attached hydrogens (tertiary/aromatic N) is 2. The SMILES string of the molecule is Cc1cc(C)[n+]2c(c1)-c1ccccc1C21c2ccc(C(C)C)cc2C2C3=C(c4ccccc4N21)c1ccccc1C3(C)C. The molecule has 0 radical (unpaired) electrons. The van der Waals surface area contributed by atoms with Crippen LogP contribution in [0.15, 0.2) is 109 Å². The molecule has 9 rings (SSSR count). The molecule has 2 heteroatoms. The lowest BCUT2D eigenvalue weighted by Gasteiger charge is -2.44. The number of anilines is 1. The minimum absolute atomic E-state index is 0.105. The third kappa shape index (κ3) is 2.83. The predicted molar refractivity (Wildman–Crippen MR) is 175 cm³/mol. The monoisotopic (exact) mass is 557 g/mol. The summed E-state index contributed by atoms with van der Waals surface area (Å²) in [6, 6.07) is 39.8. The van der Waals surface area contributed by atoms with Crippen LogP contribution in [-0.2, 0) is 11.1 Å². The first-order valence-corrected chi connectivity index (χ1v) is 15.8. The maximum absolute atomic E-state index is 2.82. The predicted octanol–water partition coefficient (Wildman–Crippen LogP) is 9.11. The molecule has 0 saturated heterocycles. The first-order valence-electron chi connectivity index (χ1n) is 15.8. The Hall–Kier alpha value is -4.43. The largest absolute Gasteiger partial charge is 0.299 e. The molecule has 2 unspecified atom stereocenters. The smallest absolute Gasteiger partial charge is 0.292 e. The van der Waals surface area contributed by atoms with Gasteiger partial charge in [0.2, 0.25) is 5.69 Å². The van der Waals surface area contributed by atoms with Crippen LogP contribution >= 0.6 is 0 Å². The summed E-state index contributed by atoms with van der Waals surface area (Å²) < 4.78 is 2.66. The minimum atomic E-state index is -0.501. The van der Waals surface area contributed by atoms with Gasteiger partial charge in [-0.05, 0) is 76.1 Å². The molecule has 0 fully saturated rings. The number of benzene rings is 4. The quantitative estimate of drug-likeness (QED) is 0.186. The summed E-state index contributed by atoms with van der Waals surface area (Å²) in [4.78, 5) is 2.82. The van der Waals surface area contributed by atoms with Gasteiger partial charge in [0.15, 0.2) is 5.69 Å². The first-order chi connectivity index (χ1) is 20.8. The van der Waals surface area contributed by atoms with Gasteiger partial charge in [0.05, 0.1) is 28.4 Å². The zero-order valence-corrected chi connectivity index (χ0v) is 25.9. The third-order valence-corrected chi connectivity index (χ3v) is 10.8. The summed E-state index contributed by atoms with van der Waals surface area (Å²) in [6.07, 6.45) is 0. The van der Waals surface area contributed by atoms with Crippen molar-refractivity contribution >= 4 is 11.3 Å². The van der Waals surface area contributed by atoms with E-state index in [1.54, 1.807) is 0 Å². The number of rotatable bonds is 1. The Morgan fingerprint density at radius 2 is 1.37 bits per heavy atom. The van der Waals surface area contributed by atoms with E-state index in [2.05, 4.69) is 154 Å². The van der Waals surface area contributed by atoms with E-state index in [1.165, 1.54) is 78.3 Å². The van der Waals surface area contributed by atoms with Crippen molar-refractivity contribution in [2.75, 3.05) is 4.90 Å². The van der Waals surface area contributed by atoms with E-state index in [4.69, 9.17) is 0 Å². The Morgan fingerprint density at radius 3 is 2.14 bits per heavy atom. The molecule has 2 atom stereocenters. The number of aromatic nitrogens is 1. The summed E-state index contributed by atoms with van der Waals surface area (Å²) in [7, 11) is 0. The van der Waals surface area contributed by atoms with E-state index >= 15 is 0 Å². The first kappa shape index (κ1) is 25.1. The molecule has 1 aliphatic carbocycles. The second kappa shape index (κ2) is 8.14. The molecule has 43 heavy (non-hydrogen) atoms. The maximum Gasteiger partial charge on any atom is 0.299 e. The van der Waals surface area contributed by atoms with Crippen molar-refractivity contribution in [2.24, 2.45) is 0 Å². The van der Waals surface area contributed by atoms with Crippen molar-refractivity contribution in [3.8, 4) is 11.3 Å². The van der Waals surface area contributed by atoms with E-state index in [0.717, 1.165) is 0 Å². The molecule has 1 aromatic heterocycles. The summed E-state index contributed by atoms with van der Waals surface area (Å²) in [5, 5.41) is 0. The van der Waals surface area contributed by atoms with Crippen LogP contribution in [-0.4, -0.2) is 0 Å². The Morgan fingerprint density at radius 1 is 0.698 bits per heavy atom. The zero-order chi connectivity index (χ0) is 29.4. The Bertz CT molecular complexity index is 2080. The van der Waals surface area contributed by atoms with Crippen molar-refractivity contribution in [2.45, 2.75) is 64.6 Å². The molecule has 0 amide bonds. The lowest BCUT2D eigenvalue weighted by molar-refractivity contribution is -0.732. The molecule has 4 heterocycles. The number of para-hydroxylation sites is 1. The van der Waals surface area contributed by atoms with Crippen LogP contribution in [0.5, 0.6) is 0 Å². The molecule has 210 valence electrons. The van der Waals surface area contributed by atoms with Crippen LogP contribution in [0.4, 0.5) is 5.69 Å². The van der Waals surface area contributed by atoms with E-state index < -0.39 is 5.66 Å². The lowest BCUT2D eigenvalue weighted by atomic mass is 9.74. The fourth-order valence-electron chi connectivity index (χ4n) is 9.22. The fourth-order valence-corrected chi connectivity index (χ4v) is 9.22. The minimum Gasteiger partial charge on any atom is -0.292 e. The van der Waals surface area contributed by atoms with Crippen molar-refractivity contribution < 1.29 is 4.57 Å². The number of hydrogen-bond acceptors (Lipinski definition) is 1. The van der Waals surface area contributed by atoms with Crippen molar-refractivity contribution in [1.29, 1.82) is 0 Å². The van der Waals surface area contributed by atoms with Crippen LogP contribution in [0.1, 0.15) is 89.9 Å². The van der Waals surface area contributed by atoms with E-state index in [9.17, 15) is 0 Å². The van der Waals surface area contributed by atoms with Crippen LogP contribution in [0, 0.1) is 13.8 Å². The molecule has 0 bridgehead atoms. The number of pyridine rings is 1. The Labute approximate surface area is 255 Å². The maximum atomic E-state index is 2.82. The molecular weight excluding hydrogens is 520 g/mol. The van der Waals surface area contributed by atoms with Gasteiger partial charge in [-0.15, -0.1) is 0 Å². The normalized spacial score (nSPS) is 21.4. The lowest BCUT2D eigenvalue weighted by Crippen LogP contribution is -2.65. The molecule has 4 aliphatic rings. The Kier molecular flexibility index (Phi) is 4.75. The second-order valence-electron chi connectivity index (χ2n) is 13.9. The second-order valence-corrected chi connectivity index (χ2v) is 13.9. The average molecular weight is 558 g/mol. The Balaban J connectivity index is 1.49. The molecule has 5 aromatic rings. The standard InChI is InChI=1S/C41H37N2/c1-24(2)27-19-20-34-31(23-27)39-38-37(29-14-8-10-16-32(29)40(38,5)6)30-15-9-12-18-35(30)43(39)41(34)33-17-11-7-13-28(33)36-22-25(3)21-26(4)42(36)41/h7-24,39H,1-6H3/q+1. The summed E-state index contributed by atoms with van der Waals surface area (Å²) in [5.74, 6) is 0.452. The topological polar surface area (TPSA) is 7.12 Å². The third-order valence-electron chi connectivity index (χ3n) is 10.8. The zero-order valence-electron chi connectivity index (χ0n) is 25.9. The van der Waals surface area contributed by atoms with Crippen LogP contribution in [0.25, 0.3) is 16.8 Å². The van der Waals surface area contributed by atoms with Gasteiger partial charge in [0, 0.05) is 30.0 Å². The van der Waals surface area contributed by atoms with Crippen molar-refractivity contribution in [3.63, 3.8) is 0 Å². The molecule has 4 aromatic carbocycles. The summed E-state index contributed by atoms with van der Waals surface area (Å²) in [6.45, 7) is 14.1. The van der Waals surface area contributed by atoms with Gasteiger partial charge in [0.1, 0.15) is 0 Å². The van der Waals surface area contributed by atoms with Crippen LogP contribution in [0.2, 0.25) is 0 Å². The molecule has 0 N–H and O–H groups in total. The molecule has 2 nitrogen and oxygen atoms in total. The van der Waals surface area contributed by atoms with Crippen LogP contribution in [0.3, 0.4) is 0 Å². The van der Waals surface area contributed by atoms with Gasteiger partial charge < -0.3 is 0 Å². The number of aryl methyl sites for hydroxylation is 2. The van der Waals surface area contributed by atoms with Gasteiger partial charge in [0.25, 0.3) is 5.66 Å². The van der Waals surface area contributed by atoms with Crippen molar-refractivity contribution in [3.05, 3.63) is 159 Å².